The molecule has 7 nitrogen and oxygen atoms in total. The molecule has 8 heteroatoms. The summed E-state index contributed by atoms with van der Waals surface area (Å²) in [5, 5.41) is 0. The standard InChI is InChI=1S/C14H24N4O3S/c1-11-9-15-14(16-11)13-10-21-8-7-18(13)12-3-5-17(6-4-12)22(2,19)20/h9,12-13H,3-8,10H2,1-2H3,(H,15,16). The van der Waals surface area contributed by atoms with Gasteiger partial charge >= 0.3 is 0 Å². The number of rotatable bonds is 3. The van der Waals surface area contributed by atoms with Crippen LogP contribution in [0.15, 0.2) is 6.20 Å². The lowest BCUT2D eigenvalue weighted by atomic mass is 10.0. The number of imidazole rings is 1. The summed E-state index contributed by atoms with van der Waals surface area (Å²) in [5.41, 5.74) is 1.05. The smallest absolute Gasteiger partial charge is 0.211 e. The maximum atomic E-state index is 11.6. The van der Waals surface area contributed by atoms with Crippen LogP contribution in [-0.2, 0) is 14.8 Å². The molecule has 0 amide bonds. The van der Waals surface area contributed by atoms with Gasteiger partial charge in [-0.25, -0.2) is 17.7 Å². The first-order valence-electron chi connectivity index (χ1n) is 7.75. The molecule has 3 rings (SSSR count). The molecule has 2 aliphatic rings. The lowest BCUT2D eigenvalue weighted by Gasteiger charge is -2.43. The van der Waals surface area contributed by atoms with Crippen molar-refractivity contribution < 1.29 is 13.2 Å². The van der Waals surface area contributed by atoms with Crippen molar-refractivity contribution in [3.8, 4) is 0 Å². The second kappa shape index (κ2) is 6.27. The summed E-state index contributed by atoms with van der Waals surface area (Å²) < 4.78 is 30.5. The molecular formula is C14H24N4O3S. The molecule has 1 unspecified atom stereocenters. The first-order valence-corrected chi connectivity index (χ1v) is 9.60. The van der Waals surface area contributed by atoms with Gasteiger partial charge in [-0.2, -0.15) is 0 Å². The number of morpholine rings is 1. The van der Waals surface area contributed by atoms with Gasteiger partial charge in [0.1, 0.15) is 5.82 Å². The maximum Gasteiger partial charge on any atom is 0.211 e. The molecule has 1 aromatic rings. The van der Waals surface area contributed by atoms with Crippen LogP contribution in [0, 0.1) is 6.92 Å². The normalized spacial score (nSPS) is 26.4. The summed E-state index contributed by atoms with van der Waals surface area (Å²) in [6.45, 7) is 5.43. The molecule has 22 heavy (non-hydrogen) atoms. The number of aromatic nitrogens is 2. The Labute approximate surface area is 131 Å². The van der Waals surface area contributed by atoms with E-state index in [1.54, 1.807) is 4.31 Å². The fourth-order valence-electron chi connectivity index (χ4n) is 3.40. The van der Waals surface area contributed by atoms with Crippen molar-refractivity contribution in [2.45, 2.75) is 31.8 Å². The van der Waals surface area contributed by atoms with Gasteiger partial charge in [-0.1, -0.05) is 0 Å². The number of H-pyrrole nitrogens is 1. The third kappa shape index (κ3) is 3.34. The Balaban J connectivity index is 1.70. The Kier molecular flexibility index (Phi) is 4.54. The third-order valence-corrected chi connectivity index (χ3v) is 5.87. The van der Waals surface area contributed by atoms with E-state index in [-0.39, 0.29) is 6.04 Å². The maximum absolute atomic E-state index is 11.6. The van der Waals surface area contributed by atoms with Crippen LogP contribution in [-0.4, -0.2) is 72.7 Å². The van der Waals surface area contributed by atoms with Gasteiger partial charge in [-0.3, -0.25) is 4.90 Å². The lowest BCUT2D eigenvalue weighted by Crippen LogP contribution is -2.51. The van der Waals surface area contributed by atoms with E-state index in [9.17, 15) is 8.42 Å². The Hall–Kier alpha value is -0.960. The monoisotopic (exact) mass is 328 g/mol. The largest absolute Gasteiger partial charge is 0.378 e. The van der Waals surface area contributed by atoms with Crippen LogP contribution in [0.3, 0.4) is 0 Å². The Morgan fingerprint density at radius 3 is 2.64 bits per heavy atom. The van der Waals surface area contributed by atoms with Crippen molar-refractivity contribution in [3.63, 3.8) is 0 Å². The van der Waals surface area contributed by atoms with Gasteiger partial charge < -0.3 is 9.72 Å². The van der Waals surface area contributed by atoms with Gasteiger partial charge in [0.25, 0.3) is 0 Å². The van der Waals surface area contributed by atoms with E-state index in [0.717, 1.165) is 37.5 Å². The molecule has 1 atom stereocenters. The van der Waals surface area contributed by atoms with E-state index in [1.165, 1.54) is 6.26 Å². The van der Waals surface area contributed by atoms with Crippen molar-refractivity contribution in [3.05, 3.63) is 17.7 Å². The van der Waals surface area contributed by atoms with Gasteiger partial charge in [0.2, 0.25) is 10.0 Å². The van der Waals surface area contributed by atoms with E-state index in [2.05, 4.69) is 14.9 Å². The van der Waals surface area contributed by atoms with Gasteiger partial charge in [0.05, 0.1) is 25.5 Å². The van der Waals surface area contributed by atoms with Crippen molar-refractivity contribution >= 4 is 10.0 Å². The number of sulfonamides is 1. The number of aromatic amines is 1. The third-order valence-electron chi connectivity index (χ3n) is 4.57. The van der Waals surface area contributed by atoms with Gasteiger partial charge in [-0.15, -0.1) is 0 Å². The predicted octanol–water partition coefficient (Wildman–Crippen LogP) is 0.515. The second-order valence-electron chi connectivity index (χ2n) is 6.17. The SMILES string of the molecule is Cc1cnc(C2COCCN2C2CCN(S(C)(=O)=O)CC2)[nH]1. The minimum absolute atomic E-state index is 0.136. The number of nitrogens with one attached hydrogen (secondary N) is 1. The van der Waals surface area contributed by atoms with Gasteiger partial charge in [-0.05, 0) is 19.8 Å². The summed E-state index contributed by atoms with van der Waals surface area (Å²) in [7, 11) is -3.07. The summed E-state index contributed by atoms with van der Waals surface area (Å²) in [6.07, 6.45) is 4.86. The molecule has 0 aliphatic carbocycles. The first kappa shape index (κ1) is 15.9. The zero-order valence-electron chi connectivity index (χ0n) is 13.2. The van der Waals surface area contributed by atoms with Crippen LogP contribution in [0.2, 0.25) is 0 Å². The molecule has 0 saturated carbocycles. The Morgan fingerprint density at radius 1 is 1.32 bits per heavy atom. The molecule has 3 heterocycles. The Morgan fingerprint density at radius 2 is 2.05 bits per heavy atom. The van der Waals surface area contributed by atoms with Crippen LogP contribution in [0.4, 0.5) is 0 Å². The summed E-state index contributed by atoms with van der Waals surface area (Å²) in [5.74, 6) is 0.947. The number of nitrogens with zero attached hydrogens (tertiary/aromatic N) is 3. The van der Waals surface area contributed by atoms with Crippen molar-refractivity contribution in [2.75, 3.05) is 39.1 Å². The number of hydrogen-bond donors (Lipinski definition) is 1. The number of aryl methyl sites for hydroxylation is 1. The second-order valence-corrected chi connectivity index (χ2v) is 8.16. The van der Waals surface area contributed by atoms with E-state index < -0.39 is 10.0 Å². The average molecular weight is 328 g/mol. The van der Waals surface area contributed by atoms with E-state index in [0.29, 0.717) is 25.7 Å². The summed E-state index contributed by atoms with van der Waals surface area (Å²) in [4.78, 5) is 10.2. The van der Waals surface area contributed by atoms with E-state index >= 15 is 0 Å². The van der Waals surface area contributed by atoms with Gasteiger partial charge in [0.15, 0.2) is 0 Å². The molecule has 1 aromatic heterocycles. The zero-order valence-corrected chi connectivity index (χ0v) is 14.0. The fraction of sp³-hybridized carbons (Fsp3) is 0.786. The first-order chi connectivity index (χ1) is 10.4. The average Bonchev–Trinajstić information content (AvgIpc) is 2.93. The molecular weight excluding hydrogens is 304 g/mol. The minimum atomic E-state index is -3.07. The highest BCUT2D eigenvalue weighted by molar-refractivity contribution is 7.88. The van der Waals surface area contributed by atoms with Crippen molar-refractivity contribution in [1.29, 1.82) is 0 Å². The van der Waals surface area contributed by atoms with Crippen molar-refractivity contribution in [2.24, 2.45) is 0 Å². The van der Waals surface area contributed by atoms with Crippen LogP contribution in [0.25, 0.3) is 0 Å². The number of piperidine rings is 1. The predicted molar refractivity (Wildman–Crippen MR) is 83.0 cm³/mol. The molecule has 124 valence electrons. The minimum Gasteiger partial charge on any atom is -0.378 e. The fourth-order valence-corrected chi connectivity index (χ4v) is 4.27. The highest BCUT2D eigenvalue weighted by Crippen LogP contribution is 2.29. The van der Waals surface area contributed by atoms with Gasteiger partial charge in [0, 0.05) is 37.6 Å². The molecule has 0 bridgehead atoms. The summed E-state index contributed by atoms with van der Waals surface area (Å²) in [6, 6.07) is 0.523. The molecule has 0 aromatic carbocycles. The highest BCUT2D eigenvalue weighted by Gasteiger charge is 2.35. The van der Waals surface area contributed by atoms with E-state index in [4.69, 9.17) is 4.74 Å². The molecule has 0 spiro atoms. The molecule has 1 N–H and O–H groups in total. The molecule has 2 fully saturated rings. The van der Waals surface area contributed by atoms with E-state index in [1.807, 2.05) is 13.1 Å². The van der Waals surface area contributed by atoms with Crippen LogP contribution in [0.1, 0.15) is 30.4 Å². The Bertz CT molecular complexity index is 607. The highest BCUT2D eigenvalue weighted by atomic mass is 32.2. The summed E-state index contributed by atoms with van der Waals surface area (Å²) >= 11 is 0. The van der Waals surface area contributed by atoms with Crippen molar-refractivity contribution in [1.82, 2.24) is 19.2 Å². The van der Waals surface area contributed by atoms with Crippen LogP contribution >= 0.6 is 0 Å². The van der Waals surface area contributed by atoms with Crippen LogP contribution in [0.5, 0.6) is 0 Å². The molecule has 2 aliphatic heterocycles. The topological polar surface area (TPSA) is 78.5 Å². The van der Waals surface area contributed by atoms with Crippen LogP contribution < -0.4 is 0 Å². The lowest BCUT2D eigenvalue weighted by molar-refractivity contribution is -0.0418. The molecule has 2 saturated heterocycles. The molecule has 0 radical (unpaired) electrons. The zero-order chi connectivity index (χ0) is 15.7. The number of hydrogen-bond acceptors (Lipinski definition) is 5. The number of ether oxygens (including phenoxy) is 1. The quantitative estimate of drug-likeness (QED) is 0.875.